The number of phenolic OH excluding ortho intramolecular Hbond substituents is 1. The number of para-hydroxylation sites is 3. The zero-order chi connectivity index (χ0) is 20.4. The van der Waals surface area contributed by atoms with Gasteiger partial charge >= 0.3 is 0 Å². The normalized spacial score (nSPS) is 14.2. The van der Waals surface area contributed by atoms with Gasteiger partial charge in [-0.1, -0.05) is 30.3 Å². The predicted octanol–water partition coefficient (Wildman–Crippen LogP) is 2.29. The van der Waals surface area contributed by atoms with Gasteiger partial charge in [0, 0.05) is 50.3 Å². The standard InChI is InChI=1S/C22H24N4O3/c1-24(22(29)17-14-23-18-7-3-2-6-16(17)18)15-21(28)26-12-10-25(11-13-26)19-8-4-5-9-20(19)27/h2-9,14,23,27H,10-13,15H2,1H3. The number of carbonyl (C=O) groups excluding carboxylic acids is 2. The van der Waals surface area contributed by atoms with Gasteiger partial charge in [-0.3, -0.25) is 9.59 Å². The lowest BCUT2D eigenvalue weighted by Crippen LogP contribution is -2.51. The number of carbonyl (C=O) groups is 2. The van der Waals surface area contributed by atoms with Crippen molar-refractivity contribution < 1.29 is 14.7 Å². The van der Waals surface area contributed by atoms with Gasteiger partial charge in [0.05, 0.1) is 17.8 Å². The van der Waals surface area contributed by atoms with Crippen LogP contribution in [0, 0.1) is 0 Å². The van der Waals surface area contributed by atoms with Gasteiger partial charge in [0.15, 0.2) is 0 Å². The van der Waals surface area contributed by atoms with E-state index in [1.165, 1.54) is 4.90 Å². The monoisotopic (exact) mass is 392 g/mol. The van der Waals surface area contributed by atoms with Crippen molar-refractivity contribution in [3.63, 3.8) is 0 Å². The van der Waals surface area contributed by atoms with Gasteiger partial charge in [0.25, 0.3) is 5.91 Å². The number of fused-ring (bicyclic) bond motifs is 1. The first-order chi connectivity index (χ1) is 14.0. The van der Waals surface area contributed by atoms with E-state index in [-0.39, 0.29) is 24.1 Å². The molecule has 2 aromatic carbocycles. The van der Waals surface area contributed by atoms with E-state index in [4.69, 9.17) is 0 Å². The molecule has 7 nitrogen and oxygen atoms in total. The fourth-order valence-electron chi connectivity index (χ4n) is 3.76. The number of hydrogen-bond acceptors (Lipinski definition) is 4. The number of aromatic amines is 1. The molecular formula is C22H24N4O3. The van der Waals surface area contributed by atoms with Crippen LogP contribution in [0.1, 0.15) is 10.4 Å². The van der Waals surface area contributed by atoms with E-state index in [2.05, 4.69) is 9.88 Å². The fraction of sp³-hybridized carbons (Fsp3) is 0.273. The molecule has 0 unspecified atom stereocenters. The van der Waals surface area contributed by atoms with Crippen molar-refractivity contribution in [2.24, 2.45) is 0 Å². The zero-order valence-electron chi connectivity index (χ0n) is 16.3. The van der Waals surface area contributed by atoms with Crippen LogP contribution in [-0.4, -0.2) is 71.5 Å². The third kappa shape index (κ3) is 3.76. The molecule has 150 valence electrons. The van der Waals surface area contributed by atoms with Crippen LogP contribution in [0.5, 0.6) is 5.75 Å². The first kappa shape index (κ1) is 18.9. The number of nitrogens with zero attached hydrogens (tertiary/aromatic N) is 3. The van der Waals surface area contributed by atoms with Crippen LogP contribution in [-0.2, 0) is 4.79 Å². The number of H-pyrrole nitrogens is 1. The van der Waals surface area contributed by atoms with Gasteiger partial charge in [-0.25, -0.2) is 0 Å². The van der Waals surface area contributed by atoms with E-state index in [1.807, 2.05) is 36.4 Å². The third-order valence-electron chi connectivity index (χ3n) is 5.39. The maximum atomic E-state index is 12.8. The molecule has 1 aromatic heterocycles. The second-order valence-corrected chi connectivity index (χ2v) is 7.27. The smallest absolute Gasteiger partial charge is 0.256 e. The highest BCUT2D eigenvalue weighted by Crippen LogP contribution is 2.27. The molecule has 3 aromatic rings. The van der Waals surface area contributed by atoms with E-state index < -0.39 is 0 Å². The van der Waals surface area contributed by atoms with E-state index >= 15 is 0 Å². The Balaban J connectivity index is 1.36. The number of hydrogen-bond donors (Lipinski definition) is 2. The zero-order valence-corrected chi connectivity index (χ0v) is 16.3. The molecule has 4 rings (SSSR count). The number of anilines is 1. The molecule has 1 fully saturated rings. The van der Waals surface area contributed by atoms with Crippen molar-refractivity contribution in [2.45, 2.75) is 0 Å². The van der Waals surface area contributed by atoms with Crippen molar-refractivity contribution in [1.82, 2.24) is 14.8 Å². The highest BCUT2D eigenvalue weighted by atomic mass is 16.3. The molecule has 1 aliphatic rings. The van der Waals surface area contributed by atoms with E-state index in [0.717, 1.165) is 16.6 Å². The Bertz CT molecular complexity index is 1040. The maximum Gasteiger partial charge on any atom is 0.256 e. The summed E-state index contributed by atoms with van der Waals surface area (Å²) < 4.78 is 0. The lowest BCUT2D eigenvalue weighted by Gasteiger charge is -2.36. The predicted molar refractivity (Wildman–Crippen MR) is 112 cm³/mol. The Kier molecular flexibility index (Phi) is 5.12. The molecule has 2 amide bonds. The summed E-state index contributed by atoms with van der Waals surface area (Å²) in [7, 11) is 1.65. The van der Waals surface area contributed by atoms with Crippen LogP contribution in [0.25, 0.3) is 10.9 Å². The molecule has 0 saturated carbocycles. The number of aromatic nitrogens is 1. The van der Waals surface area contributed by atoms with Crippen LogP contribution in [0.15, 0.2) is 54.7 Å². The topological polar surface area (TPSA) is 79.9 Å². The summed E-state index contributed by atoms with van der Waals surface area (Å²) in [6, 6.07) is 14.8. The van der Waals surface area contributed by atoms with Crippen LogP contribution in [0.2, 0.25) is 0 Å². The molecule has 0 atom stereocenters. The summed E-state index contributed by atoms with van der Waals surface area (Å²) in [5, 5.41) is 10.9. The number of piperazine rings is 1. The molecule has 0 bridgehead atoms. The van der Waals surface area contributed by atoms with Crippen molar-refractivity contribution in [1.29, 1.82) is 0 Å². The maximum absolute atomic E-state index is 12.8. The van der Waals surface area contributed by atoms with Crippen molar-refractivity contribution >= 4 is 28.4 Å². The van der Waals surface area contributed by atoms with Gasteiger partial charge in [0.2, 0.25) is 5.91 Å². The number of benzene rings is 2. The average Bonchev–Trinajstić information content (AvgIpc) is 3.18. The quantitative estimate of drug-likeness (QED) is 0.714. The molecule has 7 heteroatoms. The molecular weight excluding hydrogens is 368 g/mol. The SMILES string of the molecule is CN(CC(=O)N1CCN(c2ccccc2O)CC1)C(=O)c1c[nH]c2ccccc12. The van der Waals surface area contributed by atoms with Crippen LogP contribution in [0.4, 0.5) is 5.69 Å². The van der Waals surface area contributed by atoms with Crippen LogP contribution >= 0.6 is 0 Å². The first-order valence-corrected chi connectivity index (χ1v) is 9.67. The third-order valence-corrected chi connectivity index (χ3v) is 5.39. The largest absolute Gasteiger partial charge is 0.506 e. The summed E-state index contributed by atoms with van der Waals surface area (Å²) in [5.41, 5.74) is 2.25. The molecule has 0 radical (unpaired) electrons. The van der Waals surface area contributed by atoms with Crippen LogP contribution < -0.4 is 4.90 Å². The highest BCUT2D eigenvalue weighted by Gasteiger charge is 2.25. The van der Waals surface area contributed by atoms with Gasteiger partial charge in [-0.05, 0) is 18.2 Å². The van der Waals surface area contributed by atoms with Gasteiger partial charge in [-0.15, -0.1) is 0 Å². The Hall–Kier alpha value is -3.48. The number of rotatable bonds is 4. The van der Waals surface area contributed by atoms with E-state index in [9.17, 15) is 14.7 Å². The van der Waals surface area contributed by atoms with Crippen LogP contribution in [0.3, 0.4) is 0 Å². The number of phenols is 1. The van der Waals surface area contributed by atoms with Crippen molar-refractivity contribution in [2.75, 3.05) is 44.7 Å². The van der Waals surface area contributed by atoms with Gasteiger partial charge in [-0.2, -0.15) is 0 Å². The number of nitrogens with one attached hydrogen (secondary N) is 1. The Labute approximate surface area is 169 Å². The first-order valence-electron chi connectivity index (χ1n) is 9.67. The Morgan fingerprint density at radius 3 is 2.48 bits per heavy atom. The minimum Gasteiger partial charge on any atom is -0.506 e. The van der Waals surface area contributed by atoms with E-state index in [0.29, 0.717) is 31.7 Å². The Morgan fingerprint density at radius 2 is 1.72 bits per heavy atom. The lowest BCUT2D eigenvalue weighted by atomic mass is 10.1. The molecule has 2 N–H and O–H groups in total. The Morgan fingerprint density at radius 1 is 1.03 bits per heavy atom. The summed E-state index contributed by atoms with van der Waals surface area (Å²) >= 11 is 0. The fourth-order valence-corrected chi connectivity index (χ4v) is 3.76. The highest BCUT2D eigenvalue weighted by molar-refractivity contribution is 6.07. The number of likely N-dealkylation sites (N-methyl/N-ethyl adjacent to an activating group) is 1. The summed E-state index contributed by atoms with van der Waals surface area (Å²) in [6.07, 6.45) is 1.69. The summed E-state index contributed by atoms with van der Waals surface area (Å²) in [6.45, 7) is 2.44. The van der Waals surface area contributed by atoms with E-state index in [1.54, 1.807) is 30.3 Å². The lowest BCUT2D eigenvalue weighted by molar-refractivity contribution is -0.131. The molecule has 1 saturated heterocycles. The van der Waals surface area contributed by atoms with Crippen molar-refractivity contribution in [3.05, 3.63) is 60.3 Å². The minimum absolute atomic E-state index is 0.0366. The molecule has 0 aliphatic carbocycles. The second kappa shape index (κ2) is 7.87. The second-order valence-electron chi connectivity index (χ2n) is 7.27. The van der Waals surface area contributed by atoms with Crippen molar-refractivity contribution in [3.8, 4) is 5.75 Å². The molecule has 29 heavy (non-hydrogen) atoms. The molecule has 2 heterocycles. The summed E-state index contributed by atoms with van der Waals surface area (Å²) in [4.78, 5) is 33.9. The number of aromatic hydroxyl groups is 1. The minimum atomic E-state index is -0.177. The summed E-state index contributed by atoms with van der Waals surface area (Å²) in [5.74, 6) is -0.00222. The van der Waals surface area contributed by atoms with Gasteiger partial charge < -0.3 is 24.8 Å². The molecule has 1 aliphatic heterocycles. The average molecular weight is 392 g/mol. The van der Waals surface area contributed by atoms with Gasteiger partial charge in [0.1, 0.15) is 5.75 Å². The number of amides is 2. The molecule has 0 spiro atoms.